The molecule has 56 valence electrons. The average Bonchev–Trinajstić information content (AvgIpc) is 2.07. The lowest BCUT2D eigenvalue weighted by atomic mass is 9.69. The summed E-state index contributed by atoms with van der Waals surface area (Å²) in [5.74, 6) is 3.80. The fourth-order valence-corrected chi connectivity index (χ4v) is 2.40. The van der Waals surface area contributed by atoms with Gasteiger partial charge in [0.1, 0.15) is 0 Å². The highest BCUT2D eigenvalue weighted by atomic mass is 14.4. The van der Waals surface area contributed by atoms with Gasteiger partial charge in [-0.25, -0.2) is 0 Å². The molecule has 0 aromatic heterocycles. The van der Waals surface area contributed by atoms with Gasteiger partial charge in [0.15, 0.2) is 0 Å². The van der Waals surface area contributed by atoms with Crippen LogP contribution in [0.4, 0.5) is 0 Å². The van der Waals surface area contributed by atoms with E-state index in [4.69, 9.17) is 0 Å². The Morgan fingerprint density at radius 1 is 1.20 bits per heavy atom. The van der Waals surface area contributed by atoms with Crippen LogP contribution in [0.2, 0.25) is 0 Å². The summed E-state index contributed by atoms with van der Waals surface area (Å²) in [7, 11) is 0. The van der Waals surface area contributed by atoms with E-state index in [0.29, 0.717) is 0 Å². The van der Waals surface area contributed by atoms with Gasteiger partial charge in [-0.1, -0.05) is 26.0 Å². The second kappa shape index (κ2) is 2.11. The van der Waals surface area contributed by atoms with E-state index in [9.17, 15) is 0 Å². The Morgan fingerprint density at radius 3 is 2.30 bits per heavy atom. The molecule has 1 saturated carbocycles. The molecule has 3 unspecified atom stereocenters. The molecule has 0 heterocycles. The van der Waals surface area contributed by atoms with Crippen molar-refractivity contribution in [1.82, 2.24) is 0 Å². The van der Waals surface area contributed by atoms with Crippen molar-refractivity contribution in [1.29, 1.82) is 0 Å². The van der Waals surface area contributed by atoms with Crippen molar-refractivity contribution in [3.8, 4) is 0 Å². The van der Waals surface area contributed by atoms with Gasteiger partial charge in [-0.05, 0) is 36.5 Å². The van der Waals surface area contributed by atoms with Crippen LogP contribution in [0, 0.1) is 23.7 Å². The van der Waals surface area contributed by atoms with Crippen LogP contribution in [0.5, 0.6) is 0 Å². The molecule has 0 spiro atoms. The Kier molecular flexibility index (Phi) is 1.36. The zero-order chi connectivity index (χ0) is 7.14. The second-order valence-corrected chi connectivity index (χ2v) is 4.11. The average molecular weight is 136 g/mol. The van der Waals surface area contributed by atoms with Gasteiger partial charge in [0.05, 0.1) is 0 Å². The first kappa shape index (κ1) is 6.45. The molecule has 0 aromatic carbocycles. The van der Waals surface area contributed by atoms with E-state index in [1.54, 1.807) is 0 Å². The monoisotopic (exact) mass is 136 g/mol. The molecule has 0 amide bonds. The fraction of sp³-hybridized carbons (Fsp3) is 0.800. The van der Waals surface area contributed by atoms with Gasteiger partial charge < -0.3 is 0 Å². The van der Waals surface area contributed by atoms with Gasteiger partial charge in [0, 0.05) is 0 Å². The predicted octanol–water partition coefficient (Wildman–Crippen LogP) is 2.85. The lowest BCUT2D eigenvalue weighted by Crippen LogP contribution is -2.28. The maximum atomic E-state index is 2.45. The minimum absolute atomic E-state index is 0.867. The highest BCUT2D eigenvalue weighted by Crippen LogP contribution is 2.48. The largest absolute Gasteiger partial charge is 0.0848 e. The molecule has 0 aromatic rings. The van der Waals surface area contributed by atoms with Crippen molar-refractivity contribution in [3.05, 3.63) is 12.2 Å². The van der Waals surface area contributed by atoms with Crippen LogP contribution in [0.3, 0.4) is 0 Å². The molecule has 0 aliphatic heterocycles. The van der Waals surface area contributed by atoms with Crippen LogP contribution >= 0.6 is 0 Å². The summed E-state index contributed by atoms with van der Waals surface area (Å²) < 4.78 is 0. The van der Waals surface area contributed by atoms with Gasteiger partial charge in [-0.15, -0.1) is 0 Å². The molecular formula is C10H16. The summed E-state index contributed by atoms with van der Waals surface area (Å²) in [4.78, 5) is 0. The number of hydrogen-bond acceptors (Lipinski definition) is 0. The molecule has 10 heavy (non-hydrogen) atoms. The van der Waals surface area contributed by atoms with Crippen molar-refractivity contribution in [2.45, 2.75) is 26.7 Å². The first-order chi connectivity index (χ1) is 4.79. The first-order valence-electron chi connectivity index (χ1n) is 4.47. The maximum Gasteiger partial charge on any atom is -0.0176 e. The number of hydrogen-bond donors (Lipinski definition) is 0. The molecular weight excluding hydrogens is 120 g/mol. The molecule has 3 atom stereocenters. The summed E-state index contributed by atoms with van der Waals surface area (Å²) in [6.07, 6.45) is 7.84. The zero-order valence-electron chi connectivity index (χ0n) is 6.88. The summed E-state index contributed by atoms with van der Waals surface area (Å²) >= 11 is 0. The summed E-state index contributed by atoms with van der Waals surface area (Å²) in [5, 5.41) is 0. The van der Waals surface area contributed by atoms with E-state index in [0.717, 1.165) is 23.7 Å². The van der Waals surface area contributed by atoms with E-state index >= 15 is 0 Å². The highest BCUT2D eigenvalue weighted by molar-refractivity contribution is 5.11. The summed E-state index contributed by atoms with van der Waals surface area (Å²) in [6, 6.07) is 0. The van der Waals surface area contributed by atoms with E-state index in [2.05, 4.69) is 26.0 Å². The van der Waals surface area contributed by atoms with E-state index in [1.807, 2.05) is 0 Å². The Balaban J connectivity index is 2.05. The van der Waals surface area contributed by atoms with Crippen molar-refractivity contribution >= 4 is 0 Å². The SMILES string of the molecule is CC(C)C1C=CC2CCC21. The molecule has 2 aliphatic rings. The van der Waals surface area contributed by atoms with E-state index < -0.39 is 0 Å². The van der Waals surface area contributed by atoms with Crippen molar-refractivity contribution in [2.75, 3.05) is 0 Å². The standard InChI is InChI=1S/C10H16/c1-7(2)9-5-3-8-4-6-10(8)9/h3,5,7-10H,4,6H2,1-2H3. The lowest BCUT2D eigenvalue weighted by Gasteiger charge is -2.36. The van der Waals surface area contributed by atoms with Crippen molar-refractivity contribution in [2.24, 2.45) is 23.7 Å². The van der Waals surface area contributed by atoms with Gasteiger partial charge in [-0.2, -0.15) is 0 Å². The summed E-state index contributed by atoms with van der Waals surface area (Å²) in [5.41, 5.74) is 0. The third-order valence-electron chi connectivity index (χ3n) is 3.23. The van der Waals surface area contributed by atoms with Crippen molar-refractivity contribution in [3.63, 3.8) is 0 Å². The first-order valence-corrected chi connectivity index (χ1v) is 4.47. The molecule has 0 heteroatoms. The normalized spacial score (nSPS) is 43.7. The minimum atomic E-state index is 0.867. The van der Waals surface area contributed by atoms with Gasteiger partial charge in [0.25, 0.3) is 0 Å². The molecule has 0 saturated heterocycles. The van der Waals surface area contributed by atoms with Crippen molar-refractivity contribution < 1.29 is 0 Å². The molecule has 2 aliphatic carbocycles. The van der Waals surface area contributed by atoms with Crippen LogP contribution in [0.15, 0.2) is 12.2 Å². The third-order valence-corrected chi connectivity index (χ3v) is 3.23. The quantitative estimate of drug-likeness (QED) is 0.486. The van der Waals surface area contributed by atoms with Crippen LogP contribution in [0.1, 0.15) is 26.7 Å². The predicted molar refractivity (Wildman–Crippen MR) is 43.7 cm³/mol. The lowest BCUT2D eigenvalue weighted by molar-refractivity contribution is 0.162. The Bertz CT molecular complexity index is 155. The zero-order valence-corrected chi connectivity index (χ0v) is 6.88. The molecule has 0 N–H and O–H groups in total. The topological polar surface area (TPSA) is 0 Å². The minimum Gasteiger partial charge on any atom is -0.0848 e. The molecule has 0 radical (unpaired) electrons. The molecule has 0 nitrogen and oxygen atoms in total. The number of fused-ring (bicyclic) bond motifs is 1. The van der Waals surface area contributed by atoms with Gasteiger partial charge in [0.2, 0.25) is 0 Å². The molecule has 1 fully saturated rings. The second-order valence-electron chi connectivity index (χ2n) is 4.11. The van der Waals surface area contributed by atoms with Crippen LogP contribution < -0.4 is 0 Å². The number of rotatable bonds is 1. The highest BCUT2D eigenvalue weighted by Gasteiger charge is 2.39. The van der Waals surface area contributed by atoms with Gasteiger partial charge >= 0.3 is 0 Å². The number of allylic oxidation sites excluding steroid dienone is 2. The Morgan fingerprint density at radius 2 is 2.00 bits per heavy atom. The van der Waals surface area contributed by atoms with Crippen LogP contribution in [-0.2, 0) is 0 Å². The Labute approximate surface area is 63.3 Å². The van der Waals surface area contributed by atoms with Gasteiger partial charge in [-0.3, -0.25) is 0 Å². The van der Waals surface area contributed by atoms with Crippen LogP contribution in [-0.4, -0.2) is 0 Å². The van der Waals surface area contributed by atoms with E-state index in [1.165, 1.54) is 12.8 Å². The fourth-order valence-electron chi connectivity index (χ4n) is 2.40. The molecule has 2 rings (SSSR count). The van der Waals surface area contributed by atoms with Crippen LogP contribution in [0.25, 0.3) is 0 Å². The maximum absolute atomic E-state index is 2.45. The Hall–Kier alpha value is -0.260. The van der Waals surface area contributed by atoms with E-state index in [-0.39, 0.29) is 0 Å². The summed E-state index contributed by atoms with van der Waals surface area (Å²) in [6.45, 7) is 4.69. The third kappa shape index (κ3) is 0.744. The smallest absolute Gasteiger partial charge is 0.0176 e. The molecule has 0 bridgehead atoms.